The maximum atomic E-state index is 12.1. The van der Waals surface area contributed by atoms with Crippen molar-refractivity contribution in [1.29, 1.82) is 0 Å². The van der Waals surface area contributed by atoms with Crippen molar-refractivity contribution in [3.8, 4) is 0 Å². The Kier molecular flexibility index (Phi) is 6.23. The van der Waals surface area contributed by atoms with Crippen molar-refractivity contribution in [2.45, 2.75) is 38.8 Å². The molecule has 1 fully saturated rings. The van der Waals surface area contributed by atoms with E-state index in [-0.39, 0.29) is 5.97 Å². The SMILES string of the molecule is CCOC(=O)C(C)(CC(C)N1CCN(C)CC1)NC. The summed E-state index contributed by atoms with van der Waals surface area (Å²) in [4.78, 5) is 16.8. The van der Waals surface area contributed by atoms with E-state index in [0.717, 1.165) is 32.6 Å². The first kappa shape index (κ1) is 16.4. The third-order valence-corrected chi connectivity index (χ3v) is 4.14. The predicted octanol–water partition coefficient (Wildman–Crippen LogP) is 0.554. The van der Waals surface area contributed by atoms with Crippen LogP contribution in [0.4, 0.5) is 0 Å². The normalized spacial score (nSPS) is 22.8. The number of nitrogens with zero attached hydrogens (tertiary/aromatic N) is 2. The molecule has 1 heterocycles. The van der Waals surface area contributed by atoms with Crippen LogP contribution in [0.5, 0.6) is 0 Å². The Bertz CT molecular complexity index is 290. The van der Waals surface area contributed by atoms with Crippen molar-refractivity contribution < 1.29 is 9.53 Å². The van der Waals surface area contributed by atoms with Gasteiger partial charge < -0.3 is 15.0 Å². The molecule has 1 saturated heterocycles. The van der Waals surface area contributed by atoms with Gasteiger partial charge in [0.15, 0.2) is 0 Å². The Morgan fingerprint density at radius 1 is 1.37 bits per heavy atom. The van der Waals surface area contributed by atoms with Crippen LogP contribution >= 0.6 is 0 Å². The summed E-state index contributed by atoms with van der Waals surface area (Å²) in [6.45, 7) is 10.7. The van der Waals surface area contributed by atoms with Crippen LogP contribution in [0, 0.1) is 0 Å². The van der Waals surface area contributed by atoms with Crippen LogP contribution in [0.2, 0.25) is 0 Å². The van der Waals surface area contributed by atoms with Crippen molar-refractivity contribution in [3.05, 3.63) is 0 Å². The number of rotatable bonds is 6. The highest BCUT2D eigenvalue weighted by atomic mass is 16.5. The second-order valence-electron chi connectivity index (χ2n) is 5.69. The quantitative estimate of drug-likeness (QED) is 0.715. The Morgan fingerprint density at radius 2 is 1.95 bits per heavy atom. The molecule has 0 aromatic heterocycles. The van der Waals surface area contributed by atoms with E-state index in [2.05, 4.69) is 29.1 Å². The molecule has 0 saturated carbocycles. The molecular weight excluding hydrogens is 242 g/mol. The summed E-state index contributed by atoms with van der Waals surface area (Å²) in [5.74, 6) is -0.154. The Hall–Kier alpha value is -0.650. The second-order valence-corrected chi connectivity index (χ2v) is 5.69. The number of nitrogens with one attached hydrogen (secondary N) is 1. The number of hydrogen-bond donors (Lipinski definition) is 1. The molecule has 2 unspecified atom stereocenters. The average Bonchev–Trinajstić information content (AvgIpc) is 2.39. The van der Waals surface area contributed by atoms with Gasteiger partial charge in [0.2, 0.25) is 0 Å². The fraction of sp³-hybridized carbons (Fsp3) is 0.929. The molecule has 1 rings (SSSR count). The number of carbonyl (C=O) groups is 1. The van der Waals surface area contributed by atoms with Crippen molar-refractivity contribution in [2.75, 3.05) is 46.9 Å². The number of carbonyl (C=O) groups excluding carboxylic acids is 1. The molecule has 2 atom stereocenters. The molecule has 0 amide bonds. The molecule has 1 aliphatic heterocycles. The maximum Gasteiger partial charge on any atom is 0.326 e. The molecule has 0 aromatic rings. The van der Waals surface area contributed by atoms with Crippen LogP contribution in [0.1, 0.15) is 27.2 Å². The summed E-state index contributed by atoms with van der Waals surface area (Å²) in [7, 11) is 3.98. The standard InChI is InChI=1S/C14H29N3O2/c1-6-19-13(18)14(3,15-4)11-12(2)17-9-7-16(5)8-10-17/h12,15H,6-11H2,1-5H3. The van der Waals surface area contributed by atoms with Gasteiger partial charge in [-0.1, -0.05) is 0 Å². The molecule has 0 bridgehead atoms. The fourth-order valence-corrected chi connectivity index (χ4v) is 2.56. The van der Waals surface area contributed by atoms with E-state index in [1.807, 2.05) is 20.9 Å². The van der Waals surface area contributed by atoms with E-state index < -0.39 is 5.54 Å². The molecule has 1 N–H and O–H groups in total. The highest BCUT2D eigenvalue weighted by molar-refractivity contribution is 5.80. The van der Waals surface area contributed by atoms with E-state index in [9.17, 15) is 4.79 Å². The van der Waals surface area contributed by atoms with Crippen molar-refractivity contribution >= 4 is 5.97 Å². The Balaban J connectivity index is 2.57. The topological polar surface area (TPSA) is 44.8 Å². The first-order valence-corrected chi connectivity index (χ1v) is 7.21. The number of piperazine rings is 1. The van der Waals surface area contributed by atoms with Crippen LogP contribution < -0.4 is 5.32 Å². The van der Waals surface area contributed by atoms with Gasteiger partial charge >= 0.3 is 5.97 Å². The number of hydrogen-bond acceptors (Lipinski definition) is 5. The molecule has 112 valence electrons. The highest BCUT2D eigenvalue weighted by Gasteiger charge is 2.36. The van der Waals surface area contributed by atoms with Crippen LogP contribution in [-0.2, 0) is 9.53 Å². The molecule has 5 nitrogen and oxygen atoms in total. The first-order valence-electron chi connectivity index (χ1n) is 7.21. The molecule has 19 heavy (non-hydrogen) atoms. The smallest absolute Gasteiger partial charge is 0.326 e. The molecule has 0 radical (unpaired) electrons. The molecule has 0 aliphatic carbocycles. The number of esters is 1. The van der Waals surface area contributed by atoms with Gasteiger partial charge in [-0.25, -0.2) is 0 Å². The largest absolute Gasteiger partial charge is 0.465 e. The van der Waals surface area contributed by atoms with Gasteiger partial charge in [-0.3, -0.25) is 9.69 Å². The minimum atomic E-state index is -0.598. The average molecular weight is 271 g/mol. The lowest BCUT2D eigenvalue weighted by Crippen LogP contribution is -2.55. The zero-order valence-corrected chi connectivity index (χ0v) is 13.0. The summed E-state index contributed by atoms with van der Waals surface area (Å²) in [5, 5.41) is 3.13. The third-order valence-electron chi connectivity index (χ3n) is 4.14. The third kappa shape index (κ3) is 4.44. The summed E-state index contributed by atoms with van der Waals surface area (Å²) in [5.41, 5.74) is -0.598. The number of likely N-dealkylation sites (N-methyl/N-ethyl adjacent to an activating group) is 2. The molecular formula is C14H29N3O2. The predicted molar refractivity (Wildman–Crippen MR) is 77.2 cm³/mol. The van der Waals surface area contributed by atoms with E-state index >= 15 is 0 Å². The van der Waals surface area contributed by atoms with Crippen LogP contribution in [0.15, 0.2) is 0 Å². The molecule has 0 aromatic carbocycles. The van der Waals surface area contributed by atoms with Gasteiger partial charge in [-0.05, 0) is 41.3 Å². The van der Waals surface area contributed by atoms with Crippen molar-refractivity contribution in [3.63, 3.8) is 0 Å². The van der Waals surface area contributed by atoms with E-state index in [0.29, 0.717) is 12.6 Å². The van der Waals surface area contributed by atoms with Gasteiger partial charge in [-0.15, -0.1) is 0 Å². The second kappa shape index (κ2) is 7.22. The highest BCUT2D eigenvalue weighted by Crippen LogP contribution is 2.19. The Labute approximate surface area is 117 Å². The monoisotopic (exact) mass is 271 g/mol. The van der Waals surface area contributed by atoms with Gasteiger partial charge in [0.1, 0.15) is 5.54 Å². The minimum absolute atomic E-state index is 0.154. The van der Waals surface area contributed by atoms with E-state index in [4.69, 9.17) is 4.74 Å². The lowest BCUT2D eigenvalue weighted by atomic mass is 9.92. The van der Waals surface area contributed by atoms with Crippen molar-refractivity contribution in [1.82, 2.24) is 15.1 Å². The molecule has 1 aliphatic rings. The minimum Gasteiger partial charge on any atom is -0.465 e. The summed E-state index contributed by atoms with van der Waals surface area (Å²) >= 11 is 0. The lowest BCUT2D eigenvalue weighted by molar-refractivity contribution is -0.151. The van der Waals surface area contributed by atoms with Gasteiger partial charge in [-0.2, -0.15) is 0 Å². The van der Waals surface area contributed by atoms with Gasteiger partial charge in [0.05, 0.1) is 6.61 Å². The van der Waals surface area contributed by atoms with Crippen molar-refractivity contribution in [2.24, 2.45) is 0 Å². The van der Waals surface area contributed by atoms with Crippen LogP contribution in [0.25, 0.3) is 0 Å². The van der Waals surface area contributed by atoms with Gasteiger partial charge in [0, 0.05) is 32.2 Å². The van der Waals surface area contributed by atoms with Gasteiger partial charge in [0.25, 0.3) is 0 Å². The van der Waals surface area contributed by atoms with E-state index in [1.165, 1.54) is 0 Å². The summed E-state index contributed by atoms with van der Waals surface area (Å²) in [6, 6.07) is 0.371. The van der Waals surface area contributed by atoms with Crippen LogP contribution in [-0.4, -0.2) is 74.2 Å². The fourth-order valence-electron chi connectivity index (χ4n) is 2.56. The summed E-state index contributed by atoms with van der Waals surface area (Å²) in [6.07, 6.45) is 0.770. The zero-order valence-electron chi connectivity index (χ0n) is 13.0. The lowest BCUT2D eigenvalue weighted by Gasteiger charge is -2.39. The Morgan fingerprint density at radius 3 is 2.42 bits per heavy atom. The first-order chi connectivity index (χ1) is 8.92. The molecule has 5 heteroatoms. The zero-order chi connectivity index (χ0) is 14.5. The maximum absolute atomic E-state index is 12.1. The van der Waals surface area contributed by atoms with Crippen LogP contribution in [0.3, 0.4) is 0 Å². The molecule has 0 spiro atoms. The number of ether oxygens (including phenoxy) is 1. The van der Waals surface area contributed by atoms with E-state index in [1.54, 1.807) is 0 Å². The summed E-state index contributed by atoms with van der Waals surface area (Å²) < 4.78 is 5.18.